The van der Waals surface area contributed by atoms with E-state index >= 15 is 0 Å². The predicted octanol–water partition coefficient (Wildman–Crippen LogP) is 3.10. The third-order valence-corrected chi connectivity index (χ3v) is 7.45. The zero-order chi connectivity index (χ0) is 25.6. The van der Waals surface area contributed by atoms with Crippen LogP contribution < -0.4 is 16.0 Å². The van der Waals surface area contributed by atoms with Gasteiger partial charge in [0, 0.05) is 32.7 Å². The summed E-state index contributed by atoms with van der Waals surface area (Å²) in [6.45, 7) is 7.24. The molecule has 9 heteroatoms. The lowest BCUT2D eigenvalue weighted by molar-refractivity contribution is 0.256. The molecule has 2 aromatic rings. The van der Waals surface area contributed by atoms with Crippen molar-refractivity contribution in [2.75, 3.05) is 57.3 Å². The number of hydrogen-bond acceptors (Lipinski definition) is 7. The number of likely N-dealkylation sites (tertiary alicyclic amines) is 1. The minimum atomic E-state index is -0.232. The van der Waals surface area contributed by atoms with Gasteiger partial charge in [0.15, 0.2) is 0 Å². The van der Waals surface area contributed by atoms with Gasteiger partial charge in [-0.15, -0.1) is 0 Å². The second-order valence-corrected chi connectivity index (χ2v) is 9.94. The van der Waals surface area contributed by atoms with Gasteiger partial charge in [-0.1, -0.05) is 18.2 Å². The average molecular weight is 505 g/mol. The molecule has 3 aliphatic rings. The van der Waals surface area contributed by atoms with Gasteiger partial charge >= 0.3 is 0 Å². The number of anilines is 1. The molecule has 0 aliphatic carbocycles. The number of amidine groups is 2. The fraction of sp³-hybridized carbons (Fsp3) is 0.464. The first kappa shape index (κ1) is 25.4. The first-order valence-corrected chi connectivity index (χ1v) is 13.3. The Bertz CT molecular complexity index is 1140. The van der Waals surface area contributed by atoms with Crippen LogP contribution in [0.5, 0.6) is 0 Å². The smallest absolute Gasteiger partial charge is 0.128 e. The summed E-state index contributed by atoms with van der Waals surface area (Å²) in [4.78, 5) is 16.5. The molecule has 0 bridgehead atoms. The van der Waals surface area contributed by atoms with E-state index in [-0.39, 0.29) is 17.9 Å². The quantitative estimate of drug-likeness (QED) is 0.378. The monoisotopic (exact) mass is 504 g/mol. The molecule has 3 aliphatic heterocycles. The zero-order valence-electron chi connectivity index (χ0n) is 21.3. The van der Waals surface area contributed by atoms with E-state index in [2.05, 4.69) is 38.3 Å². The van der Waals surface area contributed by atoms with Gasteiger partial charge in [-0.25, -0.2) is 9.37 Å². The highest BCUT2D eigenvalue weighted by molar-refractivity contribution is 6.01. The van der Waals surface area contributed by atoms with Gasteiger partial charge in [-0.3, -0.25) is 15.3 Å². The van der Waals surface area contributed by atoms with E-state index in [1.54, 1.807) is 18.2 Å². The van der Waals surface area contributed by atoms with Crippen molar-refractivity contribution >= 4 is 17.5 Å². The third kappa shape index (κ3) is 6.17. The first-order valence-electron chi connectivity index (χ1n) is 13.3. The van der Waals surface area contributed by atoms with Crippen LogP contribution in [0.3, 0.4) is 0 Å². The molecule has 0 spiro atoms. The number of hydrogen-bond donors (Lipinski definition) is 3. The lowest BCUT2D eigenvalue weighted by atomic mass is 10.0. The number of rotatable bonds is 8. The van der Waals surface area contributed by atoms with Crippen LogP contribution in [-0.4, -0.2) is 78.8 Å². The highest BCUT2D eigenvalue weighted by Gasteiger charge is 2.28. The van der Waals surface area contributed by atoms with E-state index < -0.39 is 0 Å². The van der Waals surface area contributed by atoms with Crippen molar-refractivity contribution in [2.24, 2.45) is 10.7 Å². The third-order valence-electron chi connectivity index (χ3n) is 7.45. The van der Waals surface area contributed by atoms with E-state index in [1.807, 2.05) is 17.0 Å². The molecular weight excluding hydrogens is 467 g/mol. The molecule has 0 saturated carbocycles. The highest BCUT2D eigenvalue weighted by atomic mass is 19.1. The van der Waals surface area contributed by atoms with Crippen LogP contribution in [0.15, 0.2) is 59.6 Å². The molecule has 4 N–H and O–H groups in total. The number of piperazine rings is 1. The first-order chi connectivity index (χ1) is 18.1. The Morgan fingerprint density at radius 2 is 1.97 bits per heavy atom. The molecule has 0 amide bonds. The Kier molecular flexibility index (Phi) is 8.11. The van der Waals surface area contributed by atoms with Gasteiger partial charge in [0.1, 0.15) is 23.3 Å². The van der Waals surface area contributed by atoms with Crippen molar-refractivity contribution < 1.29 is 4.39 Å². The molecule has 2 atom stereocenters. The lowest BCUT2D eigenvalue weighted by Crippen LogP contribution is -2.47. The number of benzene rings is 1. The van der Waals surface area contributed by atoms with Crippen LogP contribution in [0.4, 0.5) is 10.2 Å². The maximum atomic E-state index is 13.7. The van der Waals surface area contributed by atoms with Crippen LogP contribution in [0, 0.1) is 11.2 Å². The Morgan fingerprint density at radius 3 is 2.78 bits per heavy atom. The van der Waals surface area contributed by atoms with Crippen molar-refractivity contribution in [3.8, 4) is 0 Å². The van der Waals surface area contributed by atoms with Crippen LogP contribution in [0.2, 0.25) is 0 Å². The summed E-state index contributed by atoms with van der Waals surface area (Å²) in [5.74, 6) is 1.97. The summed E-state index contributed by atoms with van der Waals surface area (Å²) in [5.41, 5.74) is 7.56. The SMILES string of the molecule is N=C(/C=C\C1=NCC(c2cccc(N3CCN(CCCN)CC3)n2)N1)N1CCC[C@@H]1c1cccc(F)c1. The standard InChI is InChI=1S/C28H37FN8/c29-22-6-1-5-21(19-22)25-8-3-14-37(25)26(31)10-11-27-32-20-24(33-27)23-7-2-9-28(34-23)36-17-15-35(16-18-36)13-4-12-30/h1-2,5-7,9-11,19,24-25,31H,3-4,8,12-18,20,30H2,(H,32,33)/b11-10-,31-26?/t24?,25-/m1/s1. The van der Waals surface area contributed by atoms with E-state index in [0.29, 0.717) is 12.4 Å². The summed E-state index contributed by atoms with van der Waals surface area (Å²) in [6, 6.07) is 13.0. The maximum Gasteiger partial charge on any atom is 0.128 e. The number of nitrogens with zero attached hydrogens (tertiary/aromatic N) is 5. The predicted molar refractivity (Wildman–Crippen MR) is 147 cm³/mol. The molecule has 4 heterocycles. The number of halogens is 1. The Hall–Kier alpha value is -3.30. The Balaban J connectivity index is 1.16. The molecule has 8 nitrogen and oxygen atoms in total. The van der Waals surface area contributed by atoms with Gasteiger partial charge in [0.2, 0.25) is 0 Å². The summed E-state index contributed by atoms with van der Waals surface area (Å²) < 4.78 is 13.7. The number of nitrogens with two attached hydrogens (primary N) is 1. The summed E-state index contributed by atoms with van der Waals surface area (Å²) in [5, 5.41) is 12.1. The molecule has 0 radical (unpaired) electrons. The van der Waals surface area contributed by atoms with Gasteiger partial charge in [0.25, 0.3) is 0 Å². The van der Waals surface area contributed by atoms with Gasteiger partial charge in [0.05, 0.1) is 24.3 Å². The molecule has 1 unspecified atom stereocenters. The number of aliphatic imine (C=N–C) groups is 1. The van der Waals surface area contributed by atoms with Gasteiger partial charge < -0.3 is 20.9 Å². The number of aromatic nitrogens is 1. The highest BCUT2D eigenvalue weighted by Crippen LogP contribution is 2.32. The molecule has 5 rings (SSSR count). The van der Waals surface area contributed by atoms with Crippen LogP contribution >= 0.6 is 0 Å². The fourth-order valence-corrected chi connectivity index (χ4v) is 5.42. The van der Waals surface area contributed by atoms with Crippen LogP contribution in [0.25, 0.3) is 0 Å². The van der Waals surface area contributed by atoms with Gasteiger partial charge in [-0.2, -0.15) is 0 Å². The average Bonchev–Trinajstić information content (AvgIpc) is 3.61. The molecule has 2 fully saturated rings. The largest absolute Gasteiger partial charge is 0.360 e. The van der Waals surface area contributed by atoms with Crippen molar-refractivity contribution in [3.05, 3.63) is 71.7 Å². The minimum Gasteiger partial charge on any atom is -0.360 e. The van der Waals surface area contributed by atoms with E-state index in [9.17, 15) is 4.39 Å². The molecule has 1 aromatic carbocycles. The summed E-state index contributed by atoms with van der Waals surface area (Å²) in [6.07, 6.45) is 6.62. The minimum absolute atomic E-state index is 0.0199. The van der Waals surface area contributed by atoms with Crippen molar-refractivity contribution in [3.63, 3.8) is 0 Å². The molecule has 2 saturated heterocycles. The summed E-state index contributed by atoms with van der Waals surface area (Å²) >= 11 is 0. The summed E-state index contributed by atoms with van der Waals surface area (Å²) in [7, 11) is 0. The fourth-order valence-electron chi connectivity index (χ4n) is 5.42. The Labute approximate surface area is 218 Å². The maximum absolute atomic E-state index is 13.7. The van der Waals surface area contributed by atoms with Gasteiger partial charge in [-0.05, 0) is 74.3 Å². The van der Waals surface area contributed by atoms with Crippen molar-refractivity contribution in [1.82, 2.24) is 20.1 Å². The van der Waals surface area contributed by atoms with Crippen molar-refractivity contribution in [1.29, 1.82) is 5.41 Å². The Morgan fingerprint density at radius 1 is 1.14 bits per heavy atom. The van der Waals surface area contributed by atoms with Crippen molar-refractivity contribution in [2.45, 2.75) is 31.3 Å². The van der Waals surface area contributed by atoms with E-state index in [1.165, 1.54) is 6.07 Å². The van der Waals surface area contributed by atoms with Crippen LogP contribution in [0.1, 0.15) is 42.6 Å². The van der Waals surface area contributed by atoms with Crippen LogP contribution in [-0.2, 0) is 0 Å². The van der Waals surface area contributed by atoms with E-state index in [0.717, 1.165) is 88.0 Å². The number of nitrogens with one attached hydrogen (secondary N) is 2. The zero-order valence-corrected chi connectivity index (χ0v) is 21.3. The molecule has 1 aromatic heterocycles. The molecule has 37 heavy (non-hydrogen) atoms. The lowest BCUT2D eigenvalue weighted by Gasteiger charge is -2.35. The number of pyridine rings is 1. The normalized spacial score (nSPS) is 22.5. The topological polar surface area (TPSA) is 96.9 Å². The second-order valence-electron chi connectivity index (χ2n) is 9.94. The molecule has 196 valence electrons. The second kappa shape index (κ2) is 11.8. The van der Waals surface area contributed by atoms with E-state index in [4.69, 9.17) is 16.1 Å². The molecular formula is C28H37FN8.